The van der Waals surface area contributed by atoms with Gasteiger partial charge in [0.05, 0.1) is 0 Å². The summed E-state index contributed by atoms with van der Waals surface area (Å²) in [5.74, 6) is 0. The molecule has 0 N–H and O–H groups in total. The predicted octanol–water partition coefficient (Wildman–Crippen LogP) is 0.862. The molecular weight excluding hydrogens is 445 g/mol. The van der Waals surface area contributed by atoms with Crippen molar-refractivity contribution in [3.63, 3.8) is 0 Å². The van der Waals surface area contributed by atoms with Crippen LogP contribution in [0.15, 0.2) is 101 Å². The van der Waals surface area contributed by atoms with Crippen LogP contribution in [0.1, 0.15) is 0 Å². The zero-order chi connectivity index (χ0) is 19.1. The van der Waals surface area contributed by atoms with Gasteiger partial charge in [-0.05, 0) is 0 Å². The first-order valence-corrected chi connectivity index (χ1v) is 13.6. The largest absolute Gasteiger partial charge is 1.00 e. The van der Waals surface area contributed by atoms with E-state index in [0.29, 0.717) is 0 Å². The number of fused-ring (bicyclic) bond motifs is 3. The number of benzene rings is 4. The van der Waals surface area contributed by atoms with E-state index >= 15 is 0 Å². The van der Waals surface area contributed by atoms with Crippen molar-refractivity contribution in [1.29, 1.82) is 0 Å². The van der Waals surface area contributed by atoms with Gasteiger partial charge < -0.3 is 12.4 Å². The summed E-state index contributed by atoms with van der Waals surface area (Å²) >= 11 is 1.10. The summed E-state index contributed by atoms with van der Waals surface area (Å²) in [6.07, 6.45) is 0. The zero-order valence-corrected chi connectivity index (χ0v) is 21.0. The minimum atomic E-state index is -2.21. The van der Waals surface area contributed by atoms with Gasteiger partial charge in [0.1, 0.15) is 0 Å². The van der Waals surface area contributed by atoms with E-state index in [0.717, 1.165) is 29.5 Å². The van der Waals surface area contributed by atoms with Gasteiger partial charge in [-0.3, -0.25) is 0 Å². The molecule has 0 aliphatic carbocycles. The van der Waals surface area contributed by atoms with Crippen molar-refractivity contribution in [3.8, 4) is 0 Å². The van der Waals surface area contributed by atoms with Crippen LogP contribution in [-0.4, -0.2) is 8.07 Å². The third-order valence-corrected chi connectivity index (χ3v) is 11.5. The van der Waals surface area contributed by atoms with Crippen LogP contribution in [-0.2, 0) is 18.3 Å². The van der Waals surface area contributed by atoms with E-state index in [-0.39, 0.29) is 12.4 Å². The number of rotatable bonds is 3. The molecule has 0 bridgehead atoms. The molecule has 0 aliphatic rings. The van der Waals surface area contributed by atoms with Gasteiger partial charge in [-0.25, -0.2) is 0 Å². The predicted molar refractivity (Wildman–Crippen MR) is 117 cm³/mol. The fourth-order valence-corrected chi connectivity index (χ4v) is 8.87. The van der Waals surface area contributed by atoms with Crippen LogP contribution in [0.25, 0.3) is 21.9 Å². The van der Waals surface area contributed by atoms with E-state index in [1.807, 2.05) is 0 Å². The Balaban J connectivity index is 0.00000205. The molecule has 0 spiro atoms. The summed E-state index contributed by atoms with van der Waals surface area (Å²) in [6, 6.07) is 35.1. The van der Waals surface area contributed by atoms with E-state index in [1.165, 1.54) is 30.5 Å². The quantitative estimate of drug-likeness (QED) is 0.285. The maximum atomic E-state index is 6.57. The van der Waals surface area contributed by atoms with Crippen molar-refractivity contribution in [1.82, 2.24) is 0 Å². The third kappa shape index (κ3) is 3.18. The molecule has 0 fully saturated rings. The van der Waals surface area contributed by atoms with Crippen molar-refractivity contribution < 1.29 is 35.1 Å². The fraction of sp³-hybridized carbons (Fsp3) is 0.0400. The Bertz CT molecular complexity index is 1240. The summed E-state index contributed by atoms with van der Waals surface area (Å²) in [6.45, 7) is 2.44. The Morgan fingerprint density at radius 2 is 1.14 bits per heavy atom. The Morgan fingerprint density at radius 1 is 0.621 bits per heavy atom. The second-order valence-electron chi connectivity index (χ2n) is 7.44. The minimum Gasteiger partial charge on any atom is -1.00 e. The summed E-state index contributed by atoms with van der Waals surface area (Å²) in [5, 5.41) is 6.61. The van der Waals surface area contributed by atoms with Crippen LogP contribution < -0.4 is 32.1 Å². The molecule has 0 aliphatic heterocycles. The van der Waals surface area contributed by atoms with Gasteiger partial charge in [0.25, 0.3) is 0 Å². The standard InChI is InChI=1S/C25H19OSi.ClH.Zn/c1-27(19-11-4-2-5-12-19,20-13-6-3-7-14-20)24-18-10-16-22-21-15-8-9-17-23(21)26-25(22)24;;/h2-16,18H,1H3;1H;/q;;+1/p-1. The van der Waals surface area contributed by atoms with Crippen molar-refractivity contribution in [2.75, 3.05) is 0 Å². The second kappa shape index (κ2) is 7.91. The number of para-hydroxylation sites is 2. The summed E-state index contributed by atoms with van der Waals surface area (Å²) < 4.78 is 7.88. The maximum Gasteiger partial charge on any atom is -1.00 e. The monoisotopic (exact) mass is 462 g/mol. The average Bonchev–Trinajstić information content (AvgIpc) is 3.15. The van der Waals surface area contributed by atoms with Crippen molar-refractivity contribution in [2.45, 2.75) is 6.55 Å². The van der Waals surface area contributed by atoms with E-state index < -0.39 is 8.07 Å². The van der Waals surface area contributed by atoms with Crippen LogP contribution >= 0.6 is 0 Å². The van der Waals surface area contributed by atoms with E-state index in [2.05, 4.69) is 104 Å². The molecule has 0 amide bonds. The molecule has 1 heterocycles. The number of hydrogen-bond donors (Lipinski definition) is 0. The van der Waals surface area contributed by atoms with Crippen molar-refractivity contribution in [2.24, 2.45) is 0 Å². The Kier molecular flexibility index (Phi) is 5.48. The van der Waals surface area contributed by atoms with Gasteiger partial charge >= 0.3 is 176 Å². The van der Waals surface area contributed by atoms with Gasteiger partial charge in [0.15, 0.2) is 0 Å². The first-order chi connectivity index (χ1) is 13.7. The van der Waals surface area contributed by atoms with E-state index in [9.17, 15) is 0 Å². The smallest absolute Gasteiger partial charge is 1.00 e. The molecule has 29 heavy (non-hydrogen) atoms. The molecule has 0 unspecified atom stereocenters. The van der Waals surface area contributed by atoms with Gasteiger partial charge in [-0.15, -0.1) is 0 Å². The molecule has 4 heteroatoms. The van der Waals surface area contributed by atoms with Crippen LogP contribution in [0.2, 0.25) is 6.55 Å². The molecule has 0 atom stereocenters. The first kappa shape index (κ1) is 20.1. The van der Waals surface area contributed by atoms with Crippen molar-refractivity contribution >= 4 is 49.7 Å². The third-order valence-electron chi connectivity index (χ3n) is 5.85. The van der Waals surface area contributed by atoms with Gasteiger partial charge in [0.2, 0.25) is 0 Å². The molecule has 4 aromatic carbocycles. The minimum absolute atomic E-state index is 0. The molecule has 5 aromatic rings. The van der Waals surface area contributed by atoms with Crippen LogP contribution in [0.3, 0.4) is 0 Å². The Hall–Kier alpha value is -2.19. The molecule has 0 radical (unpaired) electrons. The number of halogens is 1. The van der Waals surface area contributed by atoms with Crippen LogP contribution in [0.5, 0.6) is 0 Å². The molecule has 138 valence electrons. The van der Waals surface area contributed by atoms with Gasteiger partial charge in [-0.1, -0.05) is 0 Å². The molecular formula is C25H19ClOSiZn. The topological polar surface area (TPSA) is 13.1 Å². The number of furan rings is 1. The van der Waals surface area contributed by atoms with E-state index in [1.54, 1.807) is 0 Å². The fourth-order valence-electron chi connectivity index (χ4n) is 4.29. The molecule has 1 aromatic heterocycles. The zero-order valence-electron chi connectivity index (χ0n) is 16.2. The van der Waals surface area contributed by atoms with Crippen LogP contribution in [0.4, 0.5) is 0 Å². The van der Waals surface area contributed by atoms with Crippen molar-refractivity contribution in [3.05, 3.63) is 97.1 Å². The molecule has 0 saturated heterocycles. The summed E-state index contributed by atoms with van der Waals surface area (Å²) in [7, 11) is -2.21. The summed E-state index contributed by atoms with van der Waals surface area (Å²) in [4.78, 5) is 0. The molecule has 5 rings (SSSR count). The Morgan fingerprint density at radius 3 is 1.72 bits per heavy atom. The Labute approximate surface area is 187 Å². The maximum absolute atomic E-state index is 6.57. The molecule has 1 nitrogen and oxygen atoms in total. The van der Waals surface area contributed by atoms with Crippen LogP contribution in [0, 0.1) is 0 Å². The van der Waals surface area contributed by atoms with Gasteiger partial charge in [0, 0.05) is 0 Å². The molecule has 0 saturated carbocycles. The normalized spacial score (nSPS) is 11.6. The van der Waals surface area contributed by atoms with E-state index in [4.69, 9.17) is 4.42 Å². The summed E-state index contributed by atoms with van der Waals surface area (Å²) in [5.41, 5.74) is 2.11. The van der Waals surface area contributed by atoms with Gasteiger partial charge in [-0.2, -0.15) is 0 Å². The average molecular weight is 464 g/mol. The number of hydrogen-bond acceptors (Lipinski definition) is 1. The SMILES string of the molecule is C[Si](c1ccccc1)(c1ccccc1)c1cccc2c1oc1[c]([Zn+])cccc12.[Cl-]. The second-order valence-corrected chi connectivity index (χ2v) is 13.0. The first-order valence-electron chi connectivity index (χ1n) is 9.57.